The molecule has 0 bridgehead atoms. The van der Waals surface area contributed by atoms with Gasteiger partial charge in [-0.15, -0.1) is 0 Å². The molecule has 1 aromatic heterocycles. The van der Waals surface area contributed by atoms with Gasteiger partial charge in [0.15, 0.2) is 0 Å². The molecule has 0 unspecified atom stereocenters. The van der Waals surface area contributed by atoms with Gasteiger partial charge in [0, 0.05) is 17.0 Å². The van der Waals surface area contributed by atoms with Gasteiger partial charge in [-0.2, -0.15) is 0 Å². The van der Waals surface area contributed by atoms with Crippen molar-refractivity contribution in [2.75, 3.05) is 6.61 Å². The summed E-state index contributed by atoms with van der Waals surface area (Å²) in [6.45, 7) is 11.0. The van der Waals surface area contributed by atoms with Crippen molar-refractivity contribution in [3.63, 3.8) is 0 Å². The number of hydrogen-bond acceptors (Lipinski definition) is 3. The summed E-state index contributed by atoms with van der Waals surface area (Å²) in [6.07, 6.45) is 9.53. The molecule has 0 N–H and O–H groups in total. The zero-order valence-corrected chi connectivity index (χ0v) is 17.4. The second-order valence-electron chi connectivity index (χ2n) is 7.44. The van der Waals surface area contributed by atoms with Crippen molar-refractivity contribution in [2.45, 2.75) is 66.7 Å². The minimum Gasteiger partial charge on any atom is -0.489 e. The Morgan fingerprint density at radius 1 is 1.19 bits per heavy atom. The first-order valence-corrected chi connectivity index (χ1v) is 9.90. The molecule has 2 aromatic rings. The highest BCUT2D eigenvalue weighted by molar-refractivity contribution is 5.85. The highest BCUT2D eigenvalue weighted by atomic mass is 16.5. The average Bonchev–Trinajstić information content (AvgIpc) is 2.61. The Bertz CT molecular complexity index is 880. The van der Waals surface area contributed by atoms with E-state index in [0.29, 0.717) is 12.2 Å². The summed E-state index contributed by atoms with van der Waals surface area (Å²) in [5, 5.41) is 1.02. The Labute approximate surface area is 162 Å². The topological polar surface area (TPSA) is 39.4 Å². The minimum atomic E-state index is -0.288. The van der Waals surface area contributed by atoms with Crippen molar-refractivity contribution in [3.05, 3.63) is 63.0 Å². The quantitative estimate of drug-likeness (QED) is 0.374. The third-order valence-corrected chi connectivity index (χ3v) is 4.76. The molecule has 3 nitrogen and oxygen atoms in total. The zero-order chi connectivity index (χ0) is 19.8. The lowest BCUT2D eigenvalue weighted by atomic mass is 10.0. The molecule has 0 aliphatic heterocycles. The summed E-state index contributed by atoms with van der Waals surface area (Å²) in [7, 11) is 0. The number of ether oxygens (including phenoxy) is 1. The molecular weight excluding hydrogens is 336 g/mol. The maximum absolute atomic E-state index is 12.0. The third-order valence-electron chi connectivity index (χ3n) is 4.76. The Kier molecular flexibility index (Phi) is 7.90. The summed E-state index contributed by atoms with van der Waals surface area (Å²) in [5.74, 6) is 0.770. The van der Waals surface area contributed by atoms with Gasteiger partial charge in [0.25, 0.3) is 0 Å². The van der Waals surface area contributed by atoms with Crippen molar-refractivity contribution in [3.8, 4) is 5.75 Å². The van der Waals surface area contributed by atoms with Crippen LogP contribution in [0.15, 0.2) is 50.7 Å². The standard InChI is InChI=1S/C24H32O3/c1-6-7-11-20-16-23(25)27-24-19(5)22(13-12-21(20)24)26-15-14-18(4)10-8-9-17(2)3/h9,12-14,16H,6-8,10-11,15H2,1-5H3/b18-14+. The van der Waals surface area contributed by atoms with Gasteiger partial charge in [0.05, 0.1) is 0 Å². The third kappa shape index (κ3) is 6.13. The van der Waals surface area contributed by atoms with Crippen LogP contribution in [0.5, 0.6) is 5.75 Å². The van der Waals surface area contributed by atoms with E-state index in [1.165, 1.54) is 11.1 Å². The molecule has 2 rings (SSSR count). The summed E-state index contributed by atoms with van der Waals surface area (Å²) in [5.41, 5.74) is 4.98. The van der Waals surface area contributed by atoms with E-state index in [-0.39, 0.29) is 5.63 Å². The van der Waals surface area contributed by atoms with E-state index in [2.05, 4.69) is 39.8 Å². The van der Waals surface area contributed by atoms with Crippen LogP contribution in [0.4, 0.5) is 0 Å². The maximum Gasteiger partial charge on any atom is 0.336 e. The molecule has 0 aliphatic rings. The van der Waals surface area contributed by atoms with E-state index in [1.807, 2.05) is 19.1 Å². The number of allylic oxidation sites excluding steroid dienone is 3. The lowest BCUT2D eigenvalue weighted by Crippen LogP contribution is -2.03. The second kappa shape index (κ2) is 10.1. The molecule has 0 amide bonds. The number of unbranched alkanes of at least 4 members (excludes halogenated alkanes) is 1. The lowest BCUT2D eigenvalue weighted by Gasteiger charge is -2.11. The maximum atomic E-state index is 12.0. The summed E-state index contributed by atoms with van der Waals surface area (Å²) >= 11 is 0. The largest absolute Gasteiger partial charge is 0.489 e. The second-order valence-corrected chi connectivity index (χ2v) is 7.44. The summed E-state index contributed by atoms with van der Waals surface area (Å²) in [4.78, 5) is 12.0. The van der Waals surface area contributed by atoms with Gasteiger partial charge in [0.1, 0.15) is 17.9 Å². The van der Waals surface area contributed by atoms with Crippen molar-refractivity contribution in [2.24, 2.45) is 0 Å². The highest BCUT2D eigenvalue weighted by Gasteiger charge is 2.11. The molecule has 1 aromatic carbocycles. The summed E-state index contributed by atoms with van der Waals surface area (Å²) in [6, 6.07) is 5.62. The van der Waals surface area contributed by atoms with Crippen molar-refractivity contribution >= 4 is 11.0 Å². The van der Waals surface area contributed by atoms with Gasteiger partial charge >= 0.3 is 5.63 Å². The molecule has 0 fully saturated rings. The van der Waals surface area contributed by atoms with Crippen LogP contribution in [0.25, 0.3) is 11.0 Å². The molecule has 1 heterocycles. The number of aryl methyl sites for hydroxylation is 2. The van der Waals surface area contributed by atoms with Crippen molar-refractivity contribution in [1.82, 2.24) is 0 Å². The van der Waals surface area contributed by atoms with Gasteiger partial charge in [0.2, 0.25) is 0 Å². The minimum absolute atomic E-state index is 0.288. The Balaban J connectivity index is 2.14. The first-order chi connectivity index (χ1) is 12.9. The SMILES string of the molecule is CCCCc1cc(=O)oc2c(C)c(OC/C=C(\C)CCC=C(C)C)ccc12. The Morgan fingerprint density at radius 3 is 2.67 bits per heavy atom. The zero-order valence-electron chi connectivity index (χ0n) is 17.4. The first kappa shape index (κ1) is 21.0. The normalized spacial score (nSPS) is 11.7. The molecular formula is C24H32O3. The molecule has 0 radical (unpaired) electrons. The van der Waals surface area contributed by atoms with Crippen LogP contribution in [0.2, 0.25) is 0 Å². The van der Waals surface area contributed by atoms with Gasteiger partial charge < -0.3 is 9.15 Å². The van der Waals surface area contributed by atoms with E-state index in [1.54, 1.807) is 6.07 Å². The number of fused-ring (bicyclic) bond motifs is 1. The summed E-state index contributed by atoms with van der Waals surface area (Å²) < 4.78 is 11.4. The molecule has 27 heavy (non-hydrogen) atoms. The number of hydrogen-bond donors (Lipinski definition) is 0. The van der Waals surface area contributed by atoms with Crippen molar-refractivity contribution < 1.29 is 9.15 Å². The van der Waals surface area contributed by atoms with Gasteiger partial charge in [-0.05, 0) is 77.2 Å². The number of rotatable bonds is 9. The molecule has 0 atom stereocenters. The molecule has 0 aliphatic carbocycles. The monoisotopic (exact) mass is 368 g/mol. The van der Waals surface area contributed by atoms with Crippen LogP contribution in [0, 0.1) is 6.92 Å². The van der Waals surface area contributed by atoms with Crippen LogP contribution < -0.4 is 10.4 Å². The van der Waals surface area contributed by atoms with E-state index in [0.717, 1.165) is 54.4 Å². The smallest absolute Gasteiger partial charge is 0.336 e. The van der Waals surface area contributed by atoms with E-state index in [4.69, 9.17) is 9.15 Å². The molecule has 0 saturated carbocycles. The molecule has 0 saturated heterocycles. The first-order valence-electron chi connectivity index (χ1n) is 9.90. The van der Waals surface area contributed by atoms with Gasteiger partial charge in [-0.25, -0.2) is 4.79 Å². The lowest BCUT2D eigenvalue weighted by molar-refractivity contribution is 0.358. The number of benzene rings is 1. The van der Waals surface area contributed by atoms with E-state index in [9.17, 15) is 4.79 Å². The van der Waals surface area contributed by atoms with E-state index >= 15 is 0 Å². The fourth-order valence-electron chi connectivity index (χ4n) is 3.10. The fraction of sp³-hybridized carbons (Fsp3) is 0.458. The van der Waals surface area contributed by atoms with Crippen molar-refractivity contribution in [1.29, 1.82) is 0 Å². The fourth-order valence-corrected chi connectivity index (χ4v) is 3.10. The van der Waals surface area contributed by atoms with Crippen LogP contribution in [-0.4, -0.2) is 6.61 Å². The average molecular weight is 369 g/mol. The predicted octanol–water partition coefficient (Wildman–Crippen LogP) is 6.52. The Hall–Kier alpha value is -2.29. The van der Waals surface area contributed by atoms with Crippen LogP contribution in [0.1, 0.15) is 64.5 Å². The van der Waals surface area contributed by atoms with Crippen LogP contribution in [-0.2, 0) is 6.42 Å². The molecule has 146 valence electrons. The molecule has 0 spiro atoms. The predicted molar refractivity (Wildman–Crippen MR) is 114 cm³/mol. The van der Waals surface area contributed by atoms with E-state index < -0.39 is 0 Å². The van der Waals surface area contributed by atoms with Crippen LogP contribution in [0.3, 0.4) is 0 Å². The van der Waals surface area contributed by atoms with Gasteiger partial charge in [-0.1, -0.05) is 30.6 Å². The van der Waals surface area contributed by atoms with Gasteiger partial charge in [-0.3, -0.25) is 0 Å². The Morgan fingerprint density at radius 2 is 1.96 bits per heavy atom. The molecule has 3 heteroatoms. The highest BCUT2D eigenvalue weighted by Crippen LogP contribution is 2.29. The van der Waals surface area contributed by atoms with Crippen LogP contribution >= 0.6 is 0 Å².